The van der Waals surface area contributed by atoms with Gasteiger partial charge in [-0.1, -0.05) is 6.07 Å². The van der Waals surface area contributed by atoms with E-state index in [1.54, 1.807) is 0 Å². The first-order valence-electron chi connectivity index (χ1n) is 5.74. The fourth-order valence-corrected chi connectivity index (χ4v) is 3.77. The van der Waals surface area contributed by atoms with Crippen molar-refractivity contribution in [1.29, 1.82) is 0 Å². The standard InChI is InChI=1S/C12H17NOS/c1-3-10(7-13-5-1)12(8-14-9-12)11-4-2-6-15-11/h2,4,6,10,13H,1,3,5,7-9H2. The largest absolute Gasteiger partial charge is 0.379 e. The van der Waals surface area contributed by atoms with Gasteiger partial charge in [-0.3, -0.25) is 0 Å². The number of piperidine rings is 1. The van der Waals surface area contributed by atoms with Crippen molar-refractivity contribution in [3.8, 4) is 0 Å². The Kier molecular flexibility index (Phi) is 2.54. The zero-order valence-corrected chi connectivity index (χ0v) is 9.69. The molecule has 2 aliphatic heterocycles. The predicted octanol–water partition coefficient (Wildman–Crippen LogP) is 2.02. The second-order valence-corrected chi connectivity index (χ2v) is 5.62. The quantitative estimate of drug-likeness (QED) is 0.828. The van der Waals surface area contributed by atoms with Crippen molar-refractivity contribution in [2.24, 2.45) is 5.92 Å². The van der Waals surface area contributed by atoms with E-state index < -0.39 is 0 Å². The Hall–Kier alpha value is -0.380. The molecule has 1 aromatic heterocycles. The Morgan fingerprint density at radius 2 is 2.40 bits per heavy atom. The molecule has 0 spiro atoms. The Balaban J connectivity index is 1.85. The lowest BCUT2D eigenvalue weighted by atomic mass is 9.69. The van der Waals surface area contributed by atoms with Crippen molar-refractivity contribution < 1.29 is 4.74 Å². The number of ether oxygens (including phenoxy) is 1. The number of hydrogen-bond donors (Lipinski definition) is 1. The summed E-state index contributed by atoms with van der Waals surface area (Å²) in [4.78, 5) is 1.53. The summed E-state index contributed by atoms with van der Waals surface area (Å²) in [6.07, 6.45) is 2.67. The highest BCUT2D eigenvalue weighted by Gasteiger charge is 2.47. The SMILES string of the molecule is c1csc(C2(C3CCCNC3)COC2)c1. The molecule has 0 bridgehead atoms. The van der Waals surface area contributed by atoms with E-state index in [1.165, 1.54) is 30.8 Å². The summed E-state index contributed by atoms with van der Waals surface area (Å²) >= 11 is 1.89. The zero-order chi connectivity index (χ0) is 10.1. The van der Waals surface area contributed by atoms with Crippen LogP contribution in [0, 0.1) is 5.92 Å². The lowest BCUT2D eigenvalue weighted by Gasteiger charge is -2.48. The molecule has 3 heterocycles. The van der Waals surface area contributed by atoms with Crippen LogP contribution in [0.4, 0.5) is 0 Å². The average molecular weight is 223 g/mol. The van der Waals surface area contributed by atoms with E-state index in [4.69, 9.17) is 4.74 Å². The van der Waals surface area contributed by atoms with Gasteiger partial charge in [-0.2, -0.15) is 0 Å². The van der Waals surface area contributed by atoms with Crippen LogP contribution in [0.3, 0.4) is 0 Å². The second kappa shape index (κ2) is 3.89. The molecule has 1 atom stereocenters. The molecule has 0 saturated carbocycles. The van der Waals surface area contributed by atoms with Crippen LogP contribution in [0.2, 0.25) is 0 Å². The minimum absolute atomic E-state index is 0.349. The highest BCUT2D eigenvalue weighted by atomic mass is 32.1. The summed E-state index contributed by atoms with van der Waals surface area (Å²) in [5, 5.41) is 5.71. The van der Waals surface area contributed by atoms with Gasteiger partial charge in [-0.25, -0.2) is 0 Å². The number of hydrogen-bond acceptors (Lipinski definition) is 3. The molecule has 2 fully saturated rings. The first-order valence-corrected chi connectivity index (χ1v) is 6.62. The van der Waals surface area contributed by atoms with Gasteiger partial charge in [0, 0.05) is 4.88 Å². The lowest BCUT2D eigenvalue weighted by Crippen LogP contribution is -2.55. The maximum atomic E-state index is 5.49. The smallest absolute Gasteiger partial charge is 0.0596 e. The van der Waals surface area contributed by atoms with E-state index in [0.29, 0.717) is 5.41 Å². The Bertz CT molecular complexity index is 312. The van der Waals surface area contributed by atoms with Crippen molar-refractivity contribution in [1.82, 2.24) is 5.32 Å². The summed E-state index contributed by atoms with van der Waals surface area (Å²) in [7, 11) is 0. The molecule has 82 valence electrons. The molecule has 0 aromatic carbocycles. The van der Waals surface area contributed by atoms with Crippen LogP contribution >= 0.6 is 11.3 Å². The third-order valence-electron chi connectivity index (χ3n) is 3.81. The van der Waals surface area contributed by atoms with Gasteiger partial charge < -0.3 is 10.1 Å². The van der Waals surface area contributed by atoms with Crippen LogP contribution in [0.5, 0.6) is 0 Å². The van der Waals surface area contributed by atoms with Crippen molar-refractivity contribution in [2.45, 2.75) is 18.3 Å². The number of rotatable bonds is 2. The molecule has 0 radical (unpaired) electrons. The molecule has 3 rings (SSSR count). The van der Waals surface area contributed by atoms with Crippen LogP contribution in [-0.4, -0.2) is 26.3 Å². The fourth-order valence-electron chi connectivity index (χ4n) is 2.79. The van der Waals surface area contributed by atoms with Crippen molar-refractivity contribution in [3.05, 3.63) is 22.4 Å². The van der Waals surface area contributed by atoms with E-state index in [-0.39, 0.29) is 0 Å². The minimum Gasteiger partial charge on any atom is -0.379 e. The third-order valence-corrected chi connectivity index (χ3v) is 4.90. The zero-order valence-electron chi connectivity index (χ0n) is 8.87. The molecule has 2 nitrogen and oxygen atoms in total. The summed E-state index contributed by atoms with van der Waals surface area (Å²) in [6, 6.07) is 4.44. The predicted molar refractivity (Wildman–Crippen MR) is 62.4 cm³/mol. The van der Waals surface area contributed by atoms with Crippen molar-refractivity contribution in [3.63, 3.8) is 0 Å². The van der Waals surface area contributed by atoms with Crippen LogP contribution in [0.1, 0.15) is 17.7 Å². The van der Waals surface area contributed by atoms with E-state index in [1.807, 2.05) is 11.3 Å². The highest BCUT2D eigenvalue weighted by Crippen LogP contribution is 2.43. The van der Waals surface area contributed by atoms with Crippen LogP contribution in [0.15, 0.2) is 17.5 Å². The molecule has 0 amide bonds. The molecule has 2 aliphatic rings. The topological polar surface area (TPSA) is 21.3 Å². The van der Waals surface area contributed by atoms with Gasteiger partial charge in [0.2, 0.25) is 0 Å². The van der Waals surface area contributed by atoms with E-state index >= 15 is 0 Å². The third kappa shape index (κ3) is 1.53. The Morgan fingerprint density at radius 3 is 2.93 bits per heavy atom. The van der Waals surface area contributed by atoms with Gasteiger partial charge in [0.25, 0.3) is 0 Å². The monoisotopic (exact) mass is 223 g/mol. The molecule has 1 N–H and O–H groups in total. The first-order chi connectivity index (χ1) is 7.42. The molecule has 15 heavy (non-hydrogen) atoms. The van der Waals surface area contributed by atoms with Crippen LogP contribution in [0.25, 0.3) is 0 Å². The Morgan fingerprint density at radius 1 is 1.47 bits per heavy atom. The van der Waals surface area contributed by atoms with E-state index in [9.17, 15) is 0 Å². The Labute approximate surface area is 94.6 Å². The lowest BCUT2D eigenvalue weighted by molar-refractivity contribution is -0.0928. The molecule has 1 unspecified atom stereocenters. The van der Waals surface area contributed by atoms with Crippen molar-refractivity contribution in [2.75, 3.05) is 26.3 Å². The maximum absolute atomic E-state index is 5.49. The van der Waals surface area contributed by atoms with Gasteiger partial charge in [0.15, 0.2) is 0 Å². The van der Waals surface area contributed by atoms with Gasteiger partial charge in [0.1, 0.15) is 0 Å². The van der Waals surface area contributed by atoms with E-state index in [2.05, 4.69) is 22.8 Å². The van der Waals surface area contributed by atoms with Crippen LogP contribution in [-0.2, 0) is 10.2 Å². The molecular weight excluding hydrogens is 206 g/mol. The van der Waals surface area contributed by atoms with Gasteiger partial charge in [-0.15, -0.1) is 11.3 Å². The second-order valence-electron chi connectivity index (χ2n) is 4.67. The first kappa shape index (κ1) is 9.82. The van der Waals surface area contributed by atoms with Crippen LogP contribution < -0.4 is 5.32 Å². The average Bonchev–Trinajstić information content (AvgIpc) is 2.72. The molecule has 0 aliphatic carbocycles. The summed E-state index contributed by atoms with van der Waals surface area (Å²) in [6.45, 7) is 4.22. The molecule has 3 heteroatoms. The summed E-state index contributed by atoms with van der Waals surface area (Å²) < 4.78 is 5.49. The van der Waals surface area contributed by atoms with Gasteiger partial charge in [0.05, 0.1) is 18.6 Å². The molecule has 2 saturated heterocycles. The van der Waals surface area contributed by atoms with Crippen molar-refractivity contribution >= 4 is 11.3 Å². The van der Waals surface area contributed by atoms with Gasteiger partial charge >= 0.3 is 0 Å². The van der Waals surface area contributed by atoms with Gasteiger partial charge in [-0.05, 0) is 43.3 Å². The molecule has 1 aromatic rings. The minimum atomic E-state index is 0.349. The normalized spacial score (nSPS) is 29.7. The summed E-state index contributed by atoms with van der Waals surface area (Å²) in [5.74, 6) is 0.777. The highest BCUT2D eigenvalue weighted by molar-refractivity contribution is 7.10. The summed E-state index contributed by atoms with van der Waals surface area (Å²) in [5.41, 5.74) is 0.349. The number of nitrogens with one attached hydrogen (secondary N) is 1. The van der Waals surface area contributed by atoms with E-state index in [0.717, 1.165) is 19.1 Å². The number of thiophene rings is 1. The fraction of sp³-hybridized carbons (Fsp3) is 0.667. The maximum Gasteiger partial charge on any atom is 0.0596 e. The molecular formula is C12H17NOS.